The Morgan fingerprint density at radius 3 is 2.78 bits per heavy atom. The van der Waals surface area contributed by atoms with Gasteiger partial charge in [-0.1, -0.05) is 6.07 Å². The molecular formula is C12H18N2O3S. The van der Waals surface area contributed by atoms with Gasteiger partial charge in [-0.2, -0.15) is 0 Å². The van der Waals surface area contributed by atoms with Crippen LogP contribution in [0.4, 0.5) is 0 Å². The highest BCUT2D eigenvalue weighted by Gasteiger charge is 2.30. The van der Waals surface area contributed by atoms with Crippen LogP contribution in [0.2, 0.25) is 0 Å². The molecule has 5 nitrogen and oxygen atoms in total. The molecule has 18 heavy (non-hydrogen) atoms. The van der Waals surface area contributed by atoms with Gasteiger partial charge in [-0.25, -0.2) is 13.1 Å². The smallest absolute Gasteiger partial charge is 0.240 e. The first kappa shape index (κ1) is 13.3. The molecule has 1 saturated carbocycles. The first-order valence-electron chi connectivity index (χ1n) is 6.02. The summed E-state index contributed by atoms with van der Waals surface area (Å²) in [6, 6.07) is 6.58. The van der Waals surface area contributed by atoms with Gasteiger partial charge in [0.1, 0.15) is 5.75 Å². The van der Waals surface area contributed by atoms with Gasteiger partial charge in [0.15, 0.2) is 0 Å². The van der Waals surface area contributed by atoms with Crippen molar-refractivity contribution in [3.8, 4) is 5.75 Å². The summed E-state index contributed by atoms with van der Waals surface area (Å²) < 4.78 is 32.1. The summed E-state index contributed by atoms with van der Waals surface area (Å²) in [5, 5.41) is 0. The van der Waals surface area contributed by atoms with Crippen LogP contribution in [0.25, 0.3) is 0 Å². The van der Waals surface area contributed by atoms with E-state index >= 15 is 0 Å². The van der Waals surface area contributed by atoms with Crippen LogP contribution in [0.15, 0.2) is 29.2 Å². The molecule has 0 radical (unpaired) electrons. The third-order valence-electron chi connectivity index (χ3n) is 2.92. The highest BCUT2D eigenvalue weighted by molar-refractivity contribution is 7.89. The third kappa shape index (κ3) is 3.01. The van der Waals surface area contributed by atoms with Gasteiger partial charge < -0.3 is 10.5 Å². The Balaban J connectivity index is 2.11. The lowest BCUT2D eigenvalue weighted by molar-refractivity contribution is 0.326. The maximum absolute atomic E-state index is 12.1. The summed E-state index contributed by atoms with van der Waals surface area (Å²) in [6.07, 6.45) is 1.40. The Kier molecular flexibility index (Phi) is 3.89. The van der Waals surface area contributed by atoms with Gasteiger partial charge in [-0.15, -0.1) is 0 Å². The minimum atomic E-state index is -3.47. The number of nitrogens with two attached hydrogens (primary N) is 1. The molecule has 1 fully saturated rings. The molecule has 6 heteroatoms. The largest absolute Gasteiger partial charge is 0.494 e. The van der Waals surface area contributed by atoms with Gasteiger partial charge in [0.05, 0.1) is 11.5 Å². The van der Waals surface area contributed by atoms with Crippen molar-refractivity contribution in [1.29, 1.82) is 0 Å². The van der Waals surface area contributed by atoms with E-state index in [4.69, 9.17) is 10.5 Å². The van der Waals surface area contributed by atoms with Crippen LogP contribution in [0.3, 0.4) is 0 Å². The van der Waals surface area contributed by atoms with E-state index in [2.05, 4.69) is 4.72 Å². The number of benzene rings is 1. The Morgan fingerprint density at radius 1 is 1.44 bits per heavy atom. The van der Waals surface area contributed by atoms with Crippen LogP contribution in [0.1, 0.15) is 19.8 Å². The summed E-state index contributed by atoms with van der Waals surface area (Å²) >= 11 is 0. The molecule has 0 heterocycles. The van der Waals surface area contributed by atoms with Crippen molar-refractivity contribution in [2.45, 2.75) is 36.7 Å². The first-order chi connectivity index (χ1) is 8.51. The second-order valence-corrected chi connectivity index (χ2v) is 6.17. The molecule has 0 amide bonds. The van der Waals surface area contributed by atoms with Gasteiger partial charge in [0.25, 0.3) is 0 Å². The number of rotatable bonds is 5. The zero-order valence-corrected chi connectivity index (χ0v) is 11.1. The highest BCUT2D eigenvalue weighted by Crippen LogP contribution is 2.22. The van der Waals surface area contributed by atoms with Gasteiger partial charge >= 0.3 is 0 Å². The fraction of sp³-hybridized carbons (Fsp3) is 0.500. The van der Waals surface area contributed by atoms with Gasteiger partial charge in [-0.05, 0) is 31.9 Å². The van der Waals surface area contributed by atoms with Crippen molar-refractivity contribution in [2.24, 2.45) is 5.73 Å². The SMILES string of the molecule is CCOc1cccc(S(=O)(=O)NC2CC(N)C2)c1. The lowest BCUT2D eigenvalue weighted by Crippen LogP contribution is -2.50. The molecule has 100 valence electrons. The molecule has 1 aliphatic carbocycles. The Hall–Kier alpha value is -1.11. The molecule has 2 rings (SSSR count). The number of sulfonamides is 1. The van der Waals surface area contributed by atoms with Crippen LogP contribution >= 0.6 is 0 Å². The summed E-state index contributed by atoms with van der Waals surface area (Å²) in [5.74, 6) is 0.561. The molecule has 0 unspecified atom stereocenters. The summed E-state index contributed by atoms with van der Waals surface area (Å²) in [4.78, 5) is 0.230. The maximum atomic E-state index is 12.1. The Bertz CT molecular complexity index is 510. The third-order valence-corrected chi connectivity index (χ3v) is 4.44. The Morgan fingerprint density at radius 2 is 2.17 bits per heavy atom. The van der Waals surface area contributed by atoms with E-state index in [-0.39, 0.29) is 17.0 Å². The monoisotopic (exact) mass is 270 g/mol. The maximum Gasteiger partial charge on any atom is 0.240 e. The van der Waals surface area contributed by atoms with Crippen molar-refractivity contribution in [3.63, 3.8) is 0 Å². The van der Waals surface area contributed by atoms with Gasteiger partial charge in [0.2, 0.25) is 10.0 Å². The van der Waals surface area contributed by atoms with Crippen LogP contribution in [0.5, 0.6) is 5.75 Å². The molecular weight excluding hydrogens is 252 g/mol. The first-order valence-corrected chi connectivity index (χ1v) is 7.50. The summed E-state index contributed by atoms with van der Waals surface area (Å²) in [7, 11) is -3.47. The zero-order valence-electron chi connectivity index (χ0n) is 10.3. The summed E-state index contributed by atoms with van der Waals surface area (Å²) in [5.41, 5.74) is 5.64. The standard InChI is InChI=1S/C12H18N2O3S/c1-2-17-11-4-3-5-12(8-11)18(15,16)14-10-6-9(13)7-10/h3-5,8-10,14H,2,6-7,13H2,1H3. The molecule has 3 N–H and O–H groups in total. The molecule has 0 aromatic heterocycles. The molecule has 1 aromatic carbocycles. The fourth-order valence-corrected chi connectivity index (χ4v) is 3.24. The van der Waals surface area contributed by atoms with Crippen LogP contribution < -0.4 is 15.2 Å². The van der Waals surface area contributed by atoms with Crippen molar-refractivity contribution in [2.75, 3.05) is 6.61 Å². The fourth-order valence-electron chi connectivity index (χ4n) is 1.94. The summed E-state index contributed by atoms with van der Waals surface area (Å²) in [6.45, 7) is 2.36. The van der Waals surface area contributed by atoms with Crippen LogP contribution in [-0.4, -0.2) is 27.1 Å². The van der Waals surface area contributed by atoms with E-state index in [1.807, 2.05) is 6.92 Å². The average molecular weight is 270 g/mol. The van der Waals surface area contributed by atoms with E-state index < -0.39 is 10.0 Å². The molecule has 1 aliphatic rings. The lowest BCUT2D eigenvalue weighted by atomic mass is 9.89. The highest BCUT2D eigenvalue weighted by atomic mass is 32.2. The minimum absolute atomic E-state index is 0.0410. The number of ether oxygens (including phenoxy) is 1. The average Bonchev–Trinajstić information content (AvgIpc) is 2.27. The van der Waals surface area contributed by atoms with E-state index in [0.29, 0.717) is 25.2 Å². The van der Waals surface area contributed by atoms with E-state index in [1.165, 1.54) is 6.07 Å². The zero-order chi connectivity index (χ0) is 13.2. The Labute approximate surface area is 107 Å². The second-order valence-electron chi connectivity index (χ2n) is 4.46. The molecule has 1 aromatic rings. The second kappa shape index (κ2) is 5.26. The number of hydrogen-bond acceptors (Lipinski definition) is 4. The van der Waals surface area contributed by atoms with Gasteiger partial charge in [0, 0.05) is 18.2 Å². The number of hydrogen-bond donors (Lipinski definition) is 2. The molecule has 0 aliphatic heterocycles. The van der Waals surface area contributed by atoms with E-state index in [1.54, 1.807) is 18.2 Å². The molecule has 0 atom stereocenters. The van der Waals surface area contributed by atoms with Crippen LogP contribution in [-0.2, 0) is 10.0 Å². The van der Waals surface area contributed by atoms with Crippen molar-refractivity contribution < 1.29 is 13.2 Å². The molecule has 0 saturated heterocycles. The van der Waals surface area contributed by atoms with Crippen LogP contribution in [0, 0.1) is 0 Å². The van der Waals surface area contributed by atoms with E-state index in [9.17, 15) is 8.42 Å². The van der Waals surface area contributed by atoms with Gasteiger partial charge in [-0.3, -0.25) is 0 Å². The predicted octanol–water partition coefficient (Wildman–Crippen LogP) is 0.853. The quantitative estimate of drug-likeness (QED) is 0.831. The van der Waals surface area contributed by atoms with Crippen molar-refractivity contribution in [3.05, 3.63) is 24.3 Å². The minimum Gasteiger partial charge on any atom is -0.494 e. The normalized spacial score (nSPS) is 23.4. The van der Waals surface area contributed by atoms with Crippen molar-refractivity contribution >= 4 is 10.0 Å². The number of nitrogens with one attached hydrogen (secondary N) is 1. The van der Waals surface area contributed by atoms with E-state index in [0.717, 1.165) is 0 Å². The molecule has 0 bridgehead atoms. The lowest BCUT2D eigenvalue weighted by Gasteiger charge is -2.32. The molecule has 0 spiro atoms. The topological polar surface area (TPSA) is 81.4 Å². The predicted molar refractivity (Wildman–Crippen MR) is 68.9 cm³/mol. The van der Waals surface area contributed by atoms with Crippen molar-refractivity contribution in [1.82, 2.24) is 4.72 Å².